The number of carbonyl (C=O) groups is 1. The standard InChI is InChI=1S/C16H16FN5OS.ClH/c17-10-2-1-3-11-13(10)14(18)21-16(20-11)4-6-22(7-5-16)15(23)12-8-19-9-24-12;/h1-3,8-9,20H,4-7H2,(H2,18,21);1H. The summed E-state index contributed by atoms with van der Waals surface area (Å²) in [6.45, 7) is 1.12. The van der Waals surface area contributed by atoms with Crippen LogP contribution >= 0.6 is 23.7 Å². The minimum atomic E-state index is -0.574. The average molecular weight is 382 g/mol. The third-order valence-electron chi connectivity index (χ3n) is 4.49. The molecule has 0 atom stereocenters. The summed E-state index contributed by atoms with van der Waals surface area (Å²) in [7, 11) is 0. The third-order valence-corrected chi connectivity index (χ3v) is 5.25. The van der Waals surface area contributed by atoms with Crippen molar-refractivity contribution in [3.8, 4) is 0 Å². The van der Waals surface area contributed by atoms with Gasteiger partial charge in [0.1, 0.15) is 22.2 Å². The van der Waals surface area contributed by atoms with Crippen LogP contribution in [0.25, 0.3) is 0 Å². The lowest BCUT2D eigenvalue weighted by molar-refractivity contribution is 0.0690. The molecule has 0 bridgehead atoms. The minimum absolute atomic E-state index is 0. The van der Waals surface area contributed by atoms with Crippen LogP contribution in [0, 0.1) is 5.82 Å². The molecule has 2 aliphatic rings. The van der Waals surface area contributed by atoms with Gasteiger partial charge in [0.2, 0.25) is 0 Å². The summed E-state index contributed by atoms with van der Waals surface area (Å²) < 4.78 is 13.9. The first-order chi connectivity index (χ1) is 11.6. The SMILES string of the molecule is Cl.NC1=NC2(CCN(C(=O)c3cncs3)CC2)Nc2cccc(F)c21. The molecule has 2 aromatic rings. The van der Waals surface area contributed by atoms with E-state index >= 15 is 0 Å². The number of amidine groups is 1. The van der Waals surface area contributed by atoms with Gasteiger partial charge in [-0.05, 0) is 12.1 Å². The number of aliphatic imine (C=N–C) groups is 1. The zero-order valence-corrected chi connectivity index (χ0v) is 14.9. The summed E-state index contributed by atoms with van der Waals surface area (Å²) in [5, 5.41) is 3.32. The largest absolute Gasteiger partial charge is 0.383 e. The number of amides is 1. The highest BCUT2D eigenvalue weighted by atomic mass is 35.5. The first-order valence-corrected chi connectivity index (χ1v) is 8.56. The van der Waals surface area contributed by atoms with E-state index in [9.17, 15) is 9.18 Å². The van der Waals surface area contributed by atoms with Crippen molar-refractivity contribution in [3.63, 3.8) is 0 Å². The number of thiazole rings is 1. The molecule has 1 spiro atoms. The van der Waals surface area contributed by atoms with Gasteiger partial charge < -0.3 is 16.0 Å². The summed E-state index contributed by atoms with van der Waals surface area (Å²) in [6.07, 6.45) is 2.83. The van der Waals surface area contributed by atoms with Crippen molar-refractivity contribution in [2.75, 3.05) is 18.4 Å². The van der Waals surface area contributed by atoms with Gasteiger partial charge in [-0.1, -0.05) is 6.07 Å². The predicted molar refractivity (Wildman–Crippen MR) is 98.0 cm³/mol. The molecule has 0 aliphatic carbocycles. The molecule has 4 rings (SSSR count). The van der Waals surface area contributed by atoms with Crippen molar-refractivity contribution < 1.29 is 9.18 Å². The maximum atomic E-state index is 13.9. The number of rotatable bonds is 1. The molecule has 1 fully saturated rings. The Labute approximate surface area is 154 Å². The molecule has 1 amide bonds. The average Bonchev–Trinajstić information content (AvgIpc) is 3.09. The van der Waals surface area contributed by atoms with E-state index in [-0.39, 0.29) is 30.0 Å². The fourth-order valence-corrected chi connectivity index (χ4v) is 3.83. The molecule has 0 unspecified atom stereocenters. The monoisotopic (exact) mass is 381 g/mol. The Bertz CT molecular complexity index is 818. The Kier molecular flexibility index (Phi) is 4.66. The van der Waals surface area contributed by atoms with E-state index in [4.69, 9.17) is 5.73 Å². The van der Waals surface area contributed by atoms with Crippen molar-refractivity contribution in [2.45, 2.75) is 18.5 Å². The fourth-order valence-electron chi connectivity index (χ4n) is 3.25. The number of piperidine rings is 1. The van der Waals surface area contributed by atoms with Gasteiger partial charge in [-0.15, -0.1) is 23.7 Å². The number of nitrogens with one attached hydrogen (secondary N) is 1. The number of anilines is 1. The summed E-state index contributed by atoms with van der Waals surface area (Å²) in [6, 6.07) is 4.82. The molecule has 6 nitrogen and oxygen atoms in total. The van der Waals surface area contributed by atoms with E-state index in [1.807, 2.05) is 0 Å². The molecule has 25 heavy (non-hydrogen) atoms. The molecule has 1 aromatic heterocycles. The molecule has 0 saturated carbocycles. The molecular formula is C16H17ClFN5OS. The van der Waals surface area contributed by atoms with Crippen LogP contribution in [0.3, 0.4) is 0 Å². The number of carbonyl (C=O) groups excluding carboxylic acids is 1. The Morgan fingerprint density at radius 3 is 2.80 bits per heavy atom. The molecule has 3 heterocycles. The zero-order chi connectivity index (χ0) is 16.7. The normalized spacial score (nSPS) is 18.0. The number of hydrogen-bond donors (Lipinski definition) is 2. The minimum Gasteiger partial charge on any atom is -0.383 e. The molecular weight excluding hydrogens is 365 g/mol. The molecule has 132 valence electrons. The smallest absolute Gasteiger partial charge is 0.265 e. The molecule has 9 heteroatoms. The van der Waals surface area contributed by atoms with Gasteiger partial charge in [-0.3, -0.25) is 9.78 Å². The molecule has 2 aliphatic heterocycles. The van der Waals surface area contributed by atoms with Crippen LogP contribution in [0.2, 0.25) is 0 Å². The zero-order valence-electron chi connectivity index (χ0n) is 13.2. The second-order valence-corrected chi connectivity index (χ2v) is 6.86. The van der Waals surface area contributed by atoms with Gasteiger partial charge >= 0.3 is 0 Å². The maximum Gasteiger partial charge on any atom is 0.265 e. The summed E-state index contributed by atoms with van der Waals surface area (Å²) in [4.78, 5) is 23.3. The predicted octanol–water partition coefficient (Wildman–Crippen LogP) is 2.47. The third kappa shape index (κ3) is 3.07. The Morgan fingerprint density at radius 1 is 1.36 bits per heavy atom. The van der Waals surface area contributed by atoms with Crippen molar-refractivity contribution in [1.29, 1.82) is 0 Å². The van der Waals surface area contributed by atoms with Gasteiger partial charge in [0.15, 0.2) is 0 Å². The lowest BCUT2D eigenvalue weighted by atomic mass is 9.93. The van der Waals surface area contributed by atoms with Crippen molar-refractivity contribution in [3.05, 3.63) is 46.2 Å². The highest BCUT2D eigenvalue weighted by Gasteiger charge is 2.39. The van der Waals surface area contributed by atoms with Crippen LogP contribution in [-0.2, 0) is 0 Å². The van der Waals surface area contributed by atoms with E-state index in [1.165, 1.54) is 17.4 Å². The number of fused-ring (bicyclic) bond motifs is 1. The summed E-state index contributed by atoms with van der Waals surface area (Å²) >= 11 is 1.34. The number of aromatic nitrogens is 1. The van der Waals surface area contributed by atoms with Crippen LogP contribution in [0.5, 0.6) is 0 Å². The van der Waals surface area contributed by atoms with Crippen LogP contribution in [0.4, 0.5) is 10.1 Å². The molecule has 1 aromatic carbocycles. The first kappa shape index (κ1) is 17.6. The number of nitrogens with zero attached hydrogens (tertiary/aromatic N) is 3. The highest BCUT2D eigenvalue weighted by Crippen LogP contribution is 2.35. The first-order valence-electron chi connectivity index (χ1n) is 7.68. The van der Waals surface area contributed by atoms with Crippen LogP contribution in [0.1, 0.15) is 28.1 Å². The van der Waals surface area contributed by atoms with E-state index < -0.39 is 5.66 Å². The topological polar surface area (TPSA) is 83.6 Å². The maximum absolute atomic E-state index is 13.9. The van der Waals surface area contributed by atoms with E-state index in [0.717, 1.165) is 0 Å². The lowest BCUT2D eigenvalue weighted by Crippen LogP contribution is -2.52. The molecule has 0 radical (unpaired) electrons. The van der Waals surface area contributed by atoms with Crippen LogP contribution < -0.4 is 11.1 Å². The quantitative estimate of drug-likeness (QED) is 0.794. The van der Waals surface area contributed by atoms with E-state index in [1.54, 1.807) is 28.7 Å². The lowest BCUT2D eigenvalue weighted by Gasteiger charge is -2.42. The summed E-state index contributed by atoms with van der Waals surface area (Å²) in [5.41, 5.74) is 8.07. The van der Waals surface area contributed by atoms with E-state index in [2.05, 4.69) is 15.3 Å². The van der Waals surface area contributed by atoms with Gasteiger partial charge in [-0.2, -0.15) is 0 Å². The van der Waals surface area contributed by atoms with Gasteiger partial charge in [0.05, 0.1) is 17.3 Å². The van der Waals surface area contributed by atoms with Crippen LogP contribution in [-0.4, -0.2) is 40.4 Å². The van der Waals surface area contributed by atoms with E-state index in [0.29, 0.717) is 42.1 Å². The van der Waals surface area contributed by atoms with Crippen molar-refractivity contribution in [1.82, 2.24) is 9.88 Å². The summed E-state index contributed by atoms with van der Waals surface area (Å²) in [5.74, 6) is -0.176. The van der Waals surface area contributed by atoms with Gasteiger partial charge in [0.25, 0.3) is 5.91 Å². The number of nitrogens with two attached hydrogens (primary N) is 1. The molecule has 1 saturated heterocycles. The number of halogens is 2. The van der Waals surface area contributed by atoms with Gasteiger partial charge in [-0.25, -0.2) is 9.38 Å². The molecule has 3 N–H and O–H groups in total. The second kappa shape index (κ2) is 6.61. The van der Waals surface area contributed by atoms with Crippen molar-refractivity contribution >= 4 is 41.2 Å². The van der Waals surface area contributed by atoms with Crippen molar-refractivity contribution in [2.24, 2.45) is 10.7 Å². The second-order valence-electron chi connectivity index (χ2n) is 5.97. The Balaban J connectivity index is 0.00000182. The highest BCUT2D eigenvalue weighted by molar-refractivity contribution is 7.11. The Morgan fingerprint density at radius 2 is 2.12 bits per heavy atom. The van der Waals surface area contributed by atoms with Crippen LogP contribution in [0.15, 0.2) is 34.9 Å². The number of hydrogen-bond acceptors (Lipinski definition) is 6. The fraction of sp³-hybridized carbons (Fsp3) is 0.312. The number of likely N-dealkylation sites (tertiary alicyclic amines) is 1. The number of benzene rings is 1. The van der Waals surface area contributed by atoms with Gasteiger partial charge in [0, 0.05) is 31.6 Å². The Hall–Kier alpha value is -2.19.